The maximum atomic E-state index is 14.0. The van der Waals surface area contributed by atoms with E-state index in [4.69, 9.17) is 0 Å². The highest BCUT2D eigenvalue weighted by molar-refractivity contribution is 7.92. The van der Waals surface area contributed by atoms with E-state index in [0.29, 0.717) is 17.5 Å². The highest BCUT2D eigenvalue weighted by Gasteiger charge is 2.22. The van der Waals surface area contributed by atoms with Gasteiger partial charge in [-0.2, -0.15) is 0 Å². The predicted molar refractivity (Wildman–Crippen MR) is 149 cm³/mol. The van der Waals surface area contributed by atoms with E-state index in [1.807, 2.05) is 45.9 Å². The van der Waals surface area contributed by atoms with Crippen LogP contribution in [0.25, 0.3) is 22.0 Å². The summed E-state index contributed by atoms with van der Waals surface area (Å²) < 4.78 is 54.8. The Morgan fingerprint density at radius 3 is 2.39 bits per heavy atom. The molecule has 0 amide bonds. The molecule has 4 aromatic rings. The van der Waals surface area contributed by atoms with Crippen LogP contribution in [0.2, 0.25) is 0 Å². The summed E-state index contributed by atoms with van der Waals surface area (Å²) in [5.74, 6) is -0.570. The summed E-state index contributed by atoms with van der Waals surface area (Å²) >= 11 is 0. The van der Waals surface area contributed by atoms with Gasteiger partial charge in [-0.15, -0.1) is 0 Å². The number of nitrogens with one attached hydrogen (secondary N) is 1. The number of benzene rings is 2. The Bertz CT molecular complexity index is 1500. The third-order valence-corrected chi connectivity index (χ3v) is 7.26. The van der Waals surface area contributed by atoms with Crippen molar-refractivity contribution in [2.45, 2.75) is 45.9 Å². The van der Waals surface area contributed by atoms with Gasteiger partial charge in [0.2, 0.25) is 0 Å². The van der Waals surface area contributed by atoms with E-state index >= 15 is 0 Å². The maximum Gasteiger partial charge on any atom is 0.264 e. The maximum absolute atomic E-state index is 14.0. The van der Waals surface area contributed by atoms with Crippen LogP contribution in [-0.2, 0) is 10.0 Å². The smallest absolute Gasteiger partial charge is 0.264 e. The molecule has 2 aromatic carbocycles. The first-order valence-corrected chi connectivity index (χ1v) is 14.2. The van der Waals surface area contributed by atoms with E-state index in [1.165, 1.54) is 6.20 Å². The molecule has 5 rings (SSSR count). The van der Waals surface area contributed by atoms with Gasteiger partial charge in [-0.05, 0) is 48.2 Å². The Balaban J connectivity index is 0.000000956. The lowest BCUT2D eigenvalue weighted by Gasteiger charge is -2.19. The van der Waals surface area contributed by atoms with Crippen molar-refractivity contribution in [1.82, 2.24) is 15.0 Å². The summed E-state index contributed by atoms with van der Waals surface area (Å²) in [7, 11) is -4.28. The SMILES string of the molecule is CC.CC.CC1CCN(c2ncnc3ccc(-c4cncc(NS(=O)(=O)c5ccc(F)cc5F)c4)cc23)C1. The Hall–Kier alpha value is -3.66. The van der Waals surface area contributed by atoms with Gasteiger partial charge in [-0.25, -0.2) is 27.2 Å². The second-order valence-electron chi connectivity index (χ2n) is 8.41. The van der Waals surface area contributed by atoms with Crippen molar-refractivity contribution < 1.29 is 17.2 Å². The van der Waals surface area contributed by atoms with Gasteiger partial charge in [0, 0.05) is 36.3 Å². The molecule has 0 radical (unpaired) electrons. The second kappa shape index (κ2) is 12.7. The van der Waals surface area contributed by atoms with E-state index in [2.05, 4.69) is 31.5 Å². The lowest BCUT2D eigenvalue weighted by atomic mass is 10.0. The average Bonchev–Trinajstić information content (AvgIpc) is 3.36. The number of hydrogen-bond acceptors (Lipinski definition) is 6. The van der Waals surface area contributed by atoms with Gasteiger partial charge in [0.25, 0.3) is 10.0 Å². The van der Waals surface area contributed by atoms with E-state index < -0.39 is 26.6 Å². The lowest BCUT2D eigenvalue weighted by molar-refractivity contribution is 0.551. The summed E-state index contributed by atoms with van der Waals surface area (Å²) in [6.07, 6.45) is 5.60. The third kappa shape index (κ3) is 6.42. The average molecular weight is 542 g/mol. The Kier molecular flexibility index (Phi) is 9.68. The quantitative estimate of drug-likeness (QED) is 0.304. The molecule has 0 saturated carbocycles. The molecule has 0 spiro atoms. The minimum Gasteiger partial charge on any atom is -0.356 e. The van der Waals surface area contributed by atoms with Gasteiger partial charge < -0.3 is 4.90 Å². The number of aromatic nitrogens is 3. The first-order valence-electron chi connectivity index (χ1n) is 12.7. The number of rotatable bonds is 5. The minimum atomic E-state index is -4.28. The highest BCUT2D eigenvalue weighted by atomic mass is 32.2. The minimum absolute atomic E-state index is 0.152. The largest absolute Gasteiger partial charge is 0.356 e. The third-order valence-electron chi connectivity index (χ3n) is 5.84. The summed E-state index contributed by atoms with van der Waals surface area (Å²) in [4.78, 5) is 14.6. The van der Waals surface area contributed by atoms with E-state index in [0.717, 1.165) is 53.9 Å². The van der Waals surface area contributed by atoms with Crippen molar-refractivity contribution in [2.75, 3.05) is 22.7 Å². The number of fused-ring (bicyclic) bond motifs is 1. The van der Waals surface area contributed by atoms with Gasteiger partial charge in [0.15, 0.2) is 0 Å². The molecule has 1 saturated heterocycles. The molecule has 0 aliphatic carbocycles. The Labute approximate surface area is 223 Å². The molecule has 38 heavy (non-hydrogen) atoms. The molecule has 0 bridgehead atoms. The summed E-state index contributed by atoms with van der Waals surface area (Å²) in [5.41, 5.74) is 2.42. The molecule has 7 nitrogen and oxygen atoms in total. The van der Waals surface area contributed by atoms with Crippen molar-refractivity contribution in [3.8, 4) is 11.1 Å². The van der Waals surface area contributed by atoms with Crippen LogP contribution in [-0.4, -0.2) is 36.5 Å². The zero-order chi connectivity index (χ0) is 27.9. The molecular formula is C28H33F2N5O2S. The fourth-order valence-corrected chi connectivity index (χ4v) is 5.25. The van der Waals surface area contributed by atoms with Gasteiger partial charge in [0.05, 0.1) is 17.4 Å². The van der Waals surface area contributed by atoms with Crippen LogP contribution in [0.3, 0.4) is 0 Å². The van der Waals surface area contributed by atoms with Crippen molar-refractivity contribution in [3.63, 3.8) is 0 Å². The standard InChI is InChI=1S/C24H21F2N5O2S.2C2H6/c1-15-6-7-31(13-15)24-20-9-16(2-4-22(20)28-14-29-24)17-8-19(12-27-11-17)30-34(32,33)23-5-3-18(25)10-21(23)26;2*1-2/h2-5,8-12,14-15,30H,6-7,13H2,1H3;2*1-2H3. The summed E-state index contributed by atoms with van der Waals surface area (Å²) in [6.45, 7) is 12.1. The van der Waals surface area contributed by atoms with Crippen LogP contribution in [0.5, 0.6) is 0 Å². The number of halogens is 2. The monoisotopic (exact) mass is 541 g/mol. The topological polar surface area (TPSA) is 88.1 Å². The van der Waals surface area contributed by atoms with Crippen molar-refractivity contribution >= 4 is 32.4 Å². The molecule has 1 fully saturated rings. The zero-order valence-electron chi connectivity index (χ0n) is 22.2. The van der Waals surface area contributed by atoms with Crippen LogP contribution in [0.4, 0.5) is 20.3 Å². The van der Waals surface area contributed by atoms with Gasteiger partial charge >= 0.3 is 0 Å². The summed E-state index contributed by atoms with van der Waals surface area (Å²) in [5, 5.41) is 0.897. The fraction of sp³-hybridized carbons (Fsp3) is 0.321. The predicted octanol–water partition coefficient (Wildman–Crippen LogP) is 6.67. The zero-order valence-corrected chi connectivity index (χ0v) is 23.1. The molecule has 1 unspecified atom stereocenters. The van der Waals surface area contributed by atoms with Gasteiger partial charge in [-0.3, -0.25) is 9.71 Å². The van der Waals surface area contributed by atoms with E-state index in [-0.39, 0.29) is 5.69 Å². The van der Waals surface area contributed by atoms with Crippen molar-refractivity contribution in [3.05, 3.63) is 72.8 Å². The molecule has 1 N–H and O–H groups in total. The second-order valence-corrected chi connectivity index (χ2v) is 10.1. The molecule has 1 aliphatic rings. The van der Waals surface area contributed by atoms with Crippen molar-refractivity contribution in [2.24, 2.45) is 5.92 Å². The van der Waals surface area contributed by atoms with Crippen LogP contribution in [0, 0.1) is 17.6 Å². The first kappa shape index (κ1) is 28.9. The van der Waals surface area contributed by atoms with Gasteiger partial charge in [0.1, 0.15) is 28.7 Å². The van der Waals surface area contributed by atoms with Crippen LogP contribution < -0.4 is 9.62 Å². The van der Waals surface area contributed by atoms with Crippen LogP contribution in [0.15, 0.2) is 66.1 Å². The molecule has 1 atom stereocenters. The van der Waals surface area contributed by atoms with E-state index in [1.54, 1.807) is 18.6 Å². The fourth-order valence-electron chi connectivity index (χ4n) is 4.16. The van der Waals surface area contributed by atoms with Crippen LogP contribution in [0.1, 0.15) is 41.0 Å². The number of nitrogens with zero attached hydrogens (tertiary/aromatic N) is 4. The molecule has 2 aromatic heterocycles. The first-order chi connectivity index (χ1) is 18.3. The Morgan fingerprint density at radius 1 is 0.947 bits per heavy atom. The van der Waals surface area contributed by atoms with Crippen LogP contribution >= 0.6 is 0 Å². The lowest BCUT2D eigenvalue weighted by Crippen LogP contribution is -2.20. The highest BCUT2D eigenvalue weighted by Crippen LogP contribution is 2.32. The number of hydrogen-bond donors (Lipinski definition) is 1. The molecular weight excluding hydrogens is 508 g/mol. The Morgan fingerprint density at radius 2 is 1.71 bits per heavy atom. The normalized spacial score (nSPS) is 14.8. The molecule has 3 heterocycles. The van der Waals surface area contributed by atoms with Gasteiger partial charge in [-0.1, -0.05) is 40.7 Å². The number of sulfonamides is 1. The van der Waals surface area contributed by atoms with Crippen molar-refractivity contribution in [1.29, 1.82) is 0 Å². The molecule has 1 aliphatic heterocycles. The molecule has 202 valence electrons. The summed E-state index contributed by atoms with van der Waals surface area (Å²) in [6, 6.07) is 9.63. The molecule has 10 heteroatoms. The van der Waals surface area contributed by atoms with E-state index in [9.17, 15) is 17.2 Å². The number of pyridine rings is 1. The number of anilines is 2.